The zero-order valence-corrected chi connectivity index (χ0v) is 16.5. The minimum Gasteiger partial charge on any atom is -0.337 e. The van der Waals surface area contributed by atoms with Crippen LogP contribution >= 0.6 is 23.5 Å². The number of carbonyl (C=O) groups excluding carboxylic acids is 1. The van der Waals surface area contributed by atoms with E-state index >= 15 is 0 Å². The third-order valence-electron chi connectivity index (χ3n) is 4.35. The zero-order chi connectivity index (χ0) is 18.3. The minimum absolute atomic E-state index is 0.0250. The van der Waals surface area contributed by atoms with Crippen LogP contribution in [-0.2, 0) is 11.8 Å². The number of anilines is 1. The molecule has 26 heavy (non-hydrogen) atoms. The molecular formula is C19H19N4OS2+. The second-order valence-corrected chi connectivity index (χ2v) is 7.99. The van der Waals surface area contributed by atoms with E-state index < -0.39 is 0 Å². The molecule has 4 rings (SSSR count). The number of aromatic nitrogens is 1. The topological polar surface area (TPSA) is 39.8 Å². The first kappa shape index (κ1) is 17.2. The fraction of sp³-hybridized carbons (Fsp3) is 0.211. The standard InChI is InChI=1S/C19H19N4OS2/c1-4-23-17(24)16(18-22(3)13-9-5-6-10-14(13)25-18)26-19(23)20-15-11-7-8-12-21(15)2/h5-12H,4H2,1-3H3/q+1. The highest BCUT2D eigenvalue weighted by atomic mass is 32.2. The molecule has 0 saturated carbocycles. The van der Waals surface area contributed by atoms with Gasteiger partial charge in [-0.3, -0.25) is 9.69 Å². The summed E-state index contributed by atoms with van der Waals surface area (Å²) in [5, 5.41) is 1.70. The summed E-state index contributed by atoms with van der Waals surface area (Å²) < 4.78 is 1.95. The monoisotopic (exact) mass is 383 g/mol. The summed E-state index contributed by atoms with van der Waals surface area (Å²) in [6.45, 7) is 2.58. The third kappa shape index (κ3) is 2.81. The quantitative estimate of drug-likeness (QED) is 0.588. The first-order valence-corrected chi connectivity index (χ1v) is 10.0. The van der Waals surface area contributed by atoms with Crippen molar-refractivity contribution >= 4 is 46.1 Å². The van der Waals surface area contributed by atoms with Gasteiger partial charge < -0.3 is 4.90 Å². The lowest BCUT2D eigenvalue weighted by Crippen LogP contribution is -2.31. The maximum atomic E-state index is 13.0. The number of benzene rings is 1. The van der Waals surface area contributed by atoms with Gasteiger partial charge in [0.2, 0.25) is 0 Å². The number of nitrogens with zero attached hydrogens (tertiary/aromatic N) is 4. The summed E-state index contributed by atoms with van der Waals surface area (Å²) in [6, 6.07) is 14.1. The van der Waals surface area contributed by atoms with Crippen LogP contribution in [0.1, 0.15) is 6.92 Å². The maximum absolute atomic E-state index is 13.0. The first-order valence-electron chi connectivity index (χ1n) is 8.38. The van der Waals surface area contributed by atoms with Gasteiger partial charge >= 0.3 is 5.82 Å². The third-order valence-corrected chi connectivity index (χ3v) is 6.78. The van der Waals surface area contributed by atoms with Crippen molar-refractivity contribution in [1.29, 1.82) is 0 Å². The van der Waals surface area contributed by atoms with Crippen LogP contribution in [0, 0.1) is 0 Å². The first-order chi connectivity index (χ1) is 12.6. The Morgan fingerprint density at radius 1 is 1.12 bits per heavy atom. The summed E-state index contributed by atoms with van der Waals surface area (Å²) in [4.78, 5) is 23.5. The predicted molar refractivity (Wildman–Crippen MR) is 107 cm³/mol. The van der Waals surface area contributed by atoms with Gasteiger partial charge in [-0.1, -0.05) is 30.0 Å². The normalized spacial score (nSPS) is 21.0. The van der Waals surface area contributed by atoms with Gasteiger partial charge in [-0.25, -0.2) is 4.57 Å². The lowest BCUT2D eigenvalue weighted by molar-refractivity contribution is -0.658. The molecule has 0 spiro atoms. The molecule has 0 aliphatic carbocycles. The number of hydrogen-bond donors (Lipinski definition) is 0. The molecule has 1 aromatic carbocycles. The number of aliphatic imine (C=N–C) groups is 1. The number of likely N-dealkylation sites (N-methyl/N-ethyl adjacent to an activating group) is 1. The molecule has 0 bridgehead atoms. The number of pyridine rings is 1. The molecule has 1 aromatic heterocycles. The number of amides is 1. The number of rotatable bonds is 2. The zero-order valence-electron chi connectivity index (χ0n) is 14.8. The van der Waals surface area contributed by atoms with E-state index in [-0.39, 0.29) is 5.91 Å². The molecule has 0 N–H and O–H groups in total. The Morgan fingerprint density at radius 3 is 2.62 bits per heavy atom. The highest BCUT2D eigenvalue weighted by Crippen LogP contribution is 2.49. The molecule has 2 aliphatic heterocycles. The molecule has 1 fully saturated rings. The Kier molecular flexibility index (Phi) is 4.50. The van der Waals surface area contributed by atoms with E-state index in [2.05, 4.69) is 17.0 Å². The molecule has 2 aromatic rings. The number of carbonyl (C=O) groups is 1. The number of fused-ring (bicyclic) bond motifs is 1. The molecule has 5 nitrogen and oxygen atoms in total. The van der Waals surface area contributed by atoms with Gasteiger partial charge in [0.25, 0.3) is 11.1 Å². The van der Waals surface area contributed by atoms with Crippen LogP contribution in [0.2, 0.25) is 0 Å². The Morgan fingerprint density at radius 2 is 1.88 bits per heavy atom. The van der Waals surface area contributed by atoms with Crippen LogP contribution in [0.5, 0.6) is 0 Å². The number of aryl methyl sites for hydroxylation is 1. The van der Waals surface area contributed by atoms with Crippen molar-refractivity contribution in [2.24, 2.45) is 12.0 Å². The van der Waals surface area contributed by atoms with Crippen LogP contribution in [0.4, 0.5) is 11.5 Å². The van der Waals surface area contributed by atoms with Crippen LogP contribution in [0.25, 0.3) is 0 Å². The molecule has 0 radical (unpaired) electrons. The number of para-hydroxylation sites is 1. The summed E-state index contributed by atoms with van der Waals surface area (Å²) >= 11 is 3.10. The van der Waals surface area contributed by atoms with Gasteiger partial charge in [0, 0.05) is 24.6 Å². The minimum atomic E-state index is 0.0250. The van der Waals surface area contributed by atoms with Crippen LogP contribution in [-0.4, -0.2) is 29.6 Å². The van der Waals surface area contributed by atoms with E-state index in [1.54, 1.807) is 16.7 Å². The van der Waals surface area contributed by atoms with Crippen LogP contribution in [0.3, 0.4) is 0 Å². The van der Waals surface area contributed by atoms with Crippen molar-refractivity contribution in [3.8, 4) is 0 Å². The van der Waals surface area contributed by atoms with Gasteiger partial charge in [0.05, 0.1) is 24.0 Å². The SMILES string of the molecule is CCN1C(=O)C(=C2Sc3ccccc3N2C)SC1=Nc1cccc[n+]1C. The number of hydrogen-bond acceptors (Lipinski definition) is 5. The summed E-state index contributed by atoms with van der Waals surface area (Å²) in [7, 11) is 3.96. The molecular weight excluding hydrogens is 364 g/mol. The second-order valence-electron chi connectivity index (χ2n) is 5.98. The summed E-state index contributed by atoms with van der Waals surface area (Å²) in [5.41, 5.74) is 1.14. The van der Waals surface area contributed by atoms with E-state index in [1.807, 2.05) is 62.1 Å². The number of amidine groups is 1. The Labute approximate surface area is 161 Å². The largest absolute Gasteiger partial charge is 0.337 e. The van der Waals surface area contributed by atoms with Gasteiger partial charge in [-0.15, -0.1) is 0 Å². The average molecular weight is 384 g/mol. The Bertz CT molecular complexity index is 954. The van der Waals surface area contributed by atoms with E-state index in [1.165, 1.54) is 16.7 Å². The molecule has 1 amide bonds. The van der Waals surface area contributed by atoms with Gasteiger partial charge in [0.15, 0.2) is 0 Å². The van der Waals surface area contributed by atoms with E-state index in [4.69, 9.17) is 4.99 Å². The van der Waals surface area contributed by atoms with Crippen LogP contribution in [0.15, 0.2) is 68.5 Å². The van der Waals surface area contributed by atoms with Crippen molar-refractivity contribution in [3.63, 3.8) is 0 Å². The van der Waals surface area contributed by atoms with Crippen molar-refractivity contribution in [3.05, 3.63) is 58.6 Å². The van der Waals surface area contributed by atoms with Crippen molar-refractivity contribution in [2.75, 3.05) is 18.5 Å². The fourth-order valence-electron chi connectivity index (χ4n) is 2.93. The number of thioether (sulfide) groups is 2. The molecule has 7 heteroatoms. The molecule has 0 unspecified atom stereocenters. The highest BCUT2D eigenvalue weighted by molar-refractivity contribution is 8.19. The van der Waals surface area contributed by atoms with Gasteiger partial charge in [-0.2, -0.15) is 0 Å². The lowest BCUT2D eigenvalue weighted by Gasteiger charge is -2.14. The fourth-order valence-corrected chi connectivity index (χ4v) is 5.32. The molecule has 132 valence electrons. The second kappa shape index (κ2) is 6.81. The molecule has 1 saturated heterocycles. The summed E-state index contributed by atoms with van der Waals surface area (Å²) in [5.74, 6) is 0.847. The predicted octanol–water partition coefficient (Wildman–Crippen LogP) is 3.51. The van der Waals surface area contributed by atoms with Crippen LogP contribution < -0.4 is 9.47 Å². The Hall–Kier alpha value is -2.25. The lowest BCUT2D eigenvalue weighted by atomic mass is 10.3. The highest BCUT2D eigenvalue weighted by Gasteiger charge is 2.41. The molecule has 2 aliphatic rings. The van der Waals surface area contributed by atoms with Crippen molar-refractivity contribution < 1.29 is 9.36 Å². The maximum Gasteiger partial charge on any atom is 0.326 e. The molecule has 3 heterocycles. The van der Waals surface area contributed by atoms with Gasteiger partial charge in [-0.05, 0) is 41.9 Å². The van der Waals surface area contributed by atoms with Gasteiger partial charge in [0.1, 0.15) is 4.91 Å². The van der Waals surface area contributed by atoms with E-state index in [0.717, 1.165) is 26.6 Å². The average Bonchev–Trinajstić information content (AvgIpc) is 3.14. The summed E-state index contributed by atoms with van der Waals surface area (Å²) in [6.07, 6.45) is 1.95. The van der Waals surface area contributed by atoms with E-state index in [0.29, 0.717) is 6.54 Å². The molecule has 0 atom stereocenters. The van der Waals surface area contributed by atoms with Crippen molar-refractivity contribution in [2.45, 2.75) is 11.8 Å². The Balaban J connectivity index is 1.75. The van der Waals surface area contributed by atoms with E-state index in [9.17, 15) is 4.79 Å². The van der Waals surface area contributed by atoms with Crippen molar-refractivity contribution in [1.82, 2.24) is 4.90 Å². The smallest absolute Gasteiger partial charge is 0.326 e.